The van der Waals surface area contributed by atoms with Crippen molar-refractivity contribution >= 4 is 17.3 Å². The molecule has 0 amide bonds. The van der Waals surface area contributed by atoms with Gasteiger partial charge in [0.25, 0.3) is 0 Å². The van der Waals surface area contributed by atoms with E-state index in [1.54, 1.807) is 0 Å². The van der Waals surface area contributed by atoms with Crippen molar-refractivity contribution in [3.8, 4) is 0 Å². The number of halogens is 1. The molecule has 0 aliphatic carbocycles. The Bertz CT molecular complexity index is 1090. The molecule has 0 fully saturated rings. The minimum Gasteiger partial charge on any atom is -0.286 e. The van der Waals surface area contributed by atoms with Gasteiger partial charge in [-0.25, -0.2) is 0 Å². The maximum atomic E-state index is 6.59. The van der Waals surface area contributed by atoms with Gasteiger partial charge in [0, 0.05) is 18.8 Å². The van der Waals surface area contributed by atoms with E-state index < -0.39 is 0 Å². The van der Waals surface area contributed by atoms with E-state index in [9.17, 15) is 0 Å². The van der Waals surface area contributed by atoms with E-state index >= 15 is 0 Å². The molecule has 0 saturated heterocycles. The molecule has 0 saturated carbocycles. The molecule has 4 aromatic carbocycles. The summed E-state index contributed by atoms with van der Waals surface area (Å²) in [7, 11) is 0. The van der Waals surface area contributed by atoms with Gasteiger partial charge in [-0.3, -0.25) is 9.89 Å². The molecule has 1 atom stereocenters. The van der Waals surface area contributed by atoms with Crippen LogP contribution in [0.25, 0.3) is 0 Å². The highest BCUT2D eigenvalue weighted by Crippen LogP contribution is 2.20. The lowest BCUT2D eigenvalue weighted by atomic mass is 9.99. The molecule has 4 aromatic rings. The molecule has 0 aliphatic heterocycles. The lowest BCUT2D eigenvalue weighted by Crippen LogP contribution is -2.43. The molecular formula is C31H31ClN2. The SMILES string of the molecule is ClCC(=NCc1ccccc1)[C@H](Cc1ccccc1)N(Cc1ccccc1)Cc1ccccc1. The molecule has 0 radical (unpaired) electrons. The molecule has 172 valence electrons. The van der Waals surface area contributed by atoms with Crippen LogP contribution in [0.1, 0.15) is 22.3 Å². The van der Waals surface area contributed by atoms with Crippen LogP contribution in [0.3, 0.4) is 0 Å². The molecule has 4 rings (SSSR count). The number of hydrogen-bond donors (Lipinski definition) is 0. The predicted molar refractivity (Wildman–Crippen MR) is 144 cm³/mol. The summed E-state index contributed by atoms with van der Waals surface area (Å²) in [5.74, 6) is 0.407. The lowest BCUT2D eigenvalue weighted by Gasteiger charge is -2.33. The second kappa shape index (κ2) is 12.9. The topological polar surface area (TPSA) is 15.6 Å². The average molecular weight is 467 g/mol. The first kappa shape index (κ1) is 23.9. The molecular weight excluding hydrogens is 436 g/mol. The van der Waals surface area contributed by atoms with Gasteiger partial charge < -0.3 is 0 Å². The first-order valence-corrected chi connectivity index (χ1v) is 12.3. The summed E-state index contributed by atoms with van der Waals surface area (Å²) in [6.45, 7) is 2.29. The van der Waals surface area contributed by atoms with Gasteiger partial charge in [0.1, 0.15) is 0 Å². The Morgan fingerprint density at radius 3 is 1.44 bits per heavy atom. The lowest BCUT2D eigenvalue weighted by molar-refractivity contribution is 0.221. The van der Waals surface area contributed by atoms with Gasteiger partial charge in [0.05, 0.1) is 18.5 Å². The normalized spacial score (nSPS) is 12.6. The summed E-state index contributed by atoms with van der Waals surface area (Å²) in [5, 5.41) is 0. The Morgan fingerprint density at radius 2 is 1.00 bits per heavy atom. The maximum absolute atomic E-state index is 6.59. The van der Waals surface area contributed by atoms with E-state index in [4.69, 9.17) is 16.6 Å². The highest BCUT2D eigenvalue weighted by Gasteiger charge is 2.24. The van der Waals surface area contributed by atoms with Crippen molar-refractivity contribution in [2.24, 2.45) is 4.99 Å². The van der Waals surface area contributed by atoms with E-state index in [1.807, 2.05) is 6.07 Å². The predicted octanol–water partition coefficient (Wildman–Crippen LogP) is 7.18. The molecule has 2 nitrogen and oxygen atoms in total. The van der Waals surface area contributed by atoms with Gasteiger partial charge in [-0.1, -0.05) is 121 Å². The summed E-state index contributed by atoms with van der Waals surface area (Å²) in [5.41, 5.74) is 6.08. The van der Waals surface area contributed by atoms with E-state index in [-0.39, 0.29) is 6.04 Å². The summed E-state index contributed by atoms with van der Waals surface area (Å²) in [6.07, 6.45) is 0.862. The molecule has 0 N–H and O–H groups in total. The summed E-state index contributed by atoms with van der Waals surface area (Å²) in [6, 6.07) is 42.5. The van der Waals surface area contributed by atoms with Crippen LogP contribution in [0.15, 0.2) is 126 Å². The fourth-order valence-corrected chi connectivity index (χ4v) is 4.48. The zero-order valence-corrected chi connectivity index (χ0v) is 20.2. The number of rotatable bonds is 11. The van der Waals surface area contributed by atoms with Crippen molar-refractivity contribution in [1.82, 2.24) is 4.90 Å². The van der Waals surface area contributed by atoms with Crippen LogP contribution >= 0.6 is 11.6 Å². The van der Waals surface area contributed by atoms with Gasteiger partial charge in [-0.05, 0) is 28.7 Å². The first-order chi connectivity index (χ1) is 16.8. The molecule has 34 heavy (non-hydrogen) atoms. The Labute approximate surface area is 208 Å². The quantitative estimate of drug-likeness (QED) is 0.169. The van der Waals surface area contributed by atoms with Crippen molar-refractivity contribution in [3.05, 3.63) is 144 Å². The number of nitrogens with zero attached hydrogens (tertiary/aromatic N) is 2. The van der Waals surface area contributed by atoms with E-state index in [2.05, 4.69) is 120 Å². The monoisotopic (exact) mass is 466 g/mol. The molecule has 0 heterocycles. The number of benzene rings is 4. The van der Waals surface area contributed by atoms with Crippen LogP contribution in [0.4, 0.5) is 0 Å². The van der Waals surface area contributed by atoms with E-state index in [0.717, 1.165) is 25.2 Å². The number of aliphatic imine (C=N–C) groups is 1. The molecule has 0 bridgehead atoms. The average Bonchev–Trinajstić information content (AvgIpc) is 2.90. The maximum Gasteiger partial charge on any atom is 0.0640 e. The van der Waals surface area contributed by atoms with Crippen LogP contribution in [0, 0.1) is 0 Å². The van der Waals surface area contributed by atoms with Gasteiger partial charge in [-0.15, -0.1) is 11.6 Å². The molecule has 0 aromatic heterocycles. The third-order valence-electron chi connectivity index (χ3n) is 6.00. The first-order valence-electron chi connectivity index (χ1n) is 11.8. The molecule has 0 spiro atoms. The van der Waals surface area contributed by atoms with Crippen molar-refractivity contribution in [2.75, 3.05) is 5.88 Å². The van der Waals surface area contributed by atoms with Gasteiger partial charge >= 0.3 is 0 Å². The van der Waals surface area contributed by atoms with Gasteiger partial charge in [0.2, 0.25) is 0 Å². The fraction of sp³-hybridized carbons (Fsp3) is 0.194. The van der Waals surface area contributed by atoms with Crippen LogP contribution < -0.4 is 0 Å². The van der Waals surface area contributed by atoms with Crippen molar-refractivity contribution in [3.63, 3.8) is 0 Å². The van der Waals surface area contributed by atoms with Crippen molar-refractivity contribution in [2.45, 2.75) is 32.1 Å². The summed E-state index contributed by atoms with van der Waals surface area (Å²) < 4.78 is 0. The number of alkyl halides is 1. The van der Waals surface area contributed by atoms with Crippen LogP contribution in [-0.4, -0.2) is 22.5 Å². The Hall–Kier alpha value is -3.20. The molecule has 3 heteroatoms. The van der Waals surface area contributed by atoms with E-state index in [1.165, 1.54) is 22.3 Å². The van der Waals surface area contributed by atoms with Crippen LogP contribution in [-0.2, 0) is 26.1 Å². The minimum atomic E-state index is 0.0871. The third-order valence-corrected chi connectivity index (χ3v) is 6.27. The van der Waals surface area contributed by atoms with E-state index in [0.29, 0.717) is 12.4 Å². The third kappa shape index (κ3) is 7.15. The zero-order chi connectivity index (χ0) is 23.4. The number of hydrogen-bond acceptors (Lipinski definition) is 2. The summed E-state index contributed by atoms with van der Waals surface area (Å²) in [4.78, 5) is 7.57. The zero-order valence-electron chi connectivity index (χ0n) is 19.4. The second-order valence-corrected chi connectivity index (χ2v) is 8.78. The van der Waals surface area contributed by atoms with Gasteiger partial charge in [0.15, 0.2) is 0 Å². The van der Waals surface area contributed by atoms with Crippen molar-refractivity contribution < 1.29 is 0 Å². The van der Waals surface area contributed by atoms with Crippen LogP contribution in [0.2, 0.25) is 0 Å². The highest BCUT2D eigenvalue weighted by atomic mass is 35.5. The Kier molecular flexibility index (Phi) is 9.07. The molecule has 0 aliphatic rings. The highest BCUT2D eigenvalue weighted by molar-refractivity contribution is 6.29. The van der Waals surface area contributed by atoms with Crippen molar-refractivity contribution in [1.29, 1.82) is 0 Å². The largest absolute Gasteiger partial charge is 0.286 e. The Morgan fingerprint density at radius 1 is 0.588 bits per heavy atom. The minimum absolute atomic E-state index is 0.0871. The standard InChI is InChI=1S/C31H31ClN2/c32-22-30(33-23-27-15-7-2-8-16-27)31(21-26-13-5-1-6-14-26)34(24-28-17-9-3-10-18-28)25-29-19-11-4-12-20-29/h1-20,31H,21-25H2/t31-/m0/s1. The smallest absolute Gasteiger partial charge is 0.0640 e. The summed E-state index contributed by atoms with van der Waals surface area (Å²) >= 11 is 6.59. The fourth-order valence-electron chi connectivity index (χ4n) is 4.22. The van der Waals surface area contributed by atoms with Gasteiger partial charge in [-0.2, -0.15) is 0 Å². The molecule has 0 unspecified atom stereocenters. The Balaban J connectivity index is 1.69. The van der Waals surface area contributed by atoms with Crippen LogP contribution in [0.5, 0.6) is 0 Å². The second-order valence-electron chi connectivity index (χ2n) is 8.51.